The summed E-state index contributed by atoms with van der Waals surface area (Å²) in [6.07, 6.45) is 1.57. The van der Waals surface area contributed by atoms with E-state index in [-0.39, 0.29) is 0 Å². The molecule has 1 aromatic heterocycles. The normalized spacial score (nSPS) is 13.0. The molecule has 1 unspecified atom stereocenters. The molecule has 1 nitrogen and oxygen atoms in total. The van der Waals surface area contributed by atoms with Gasteiger partial charge >= 0.3 is 0 Å². The summed E-state index contributed by atoms with van der Waals surface area (Å²) in [6.45, 7) is 2.06. The Morgan fingerprint density at radius 1 is 1.64 bits per heavy atom. The number of pyridine rings is 1. The quantitative estimate of drug-likeness (QED) is 0.549. The van der Waals surface area contributed by atoms with Crippen LogP contribution in [0, 0.1) is 5.95 Å². The Morgan fingerprint density at radius 3 is 2.82 bits per heavy atom. The van der Waals surface area contributed by atoms with Crippen LogP contribution in [0.3, 0.4) is 0 Å². The summed E-state index contributed by atoms with van der Waals surface area (Å²) < 4.78 is 12.3. The lowest BCUT2D eigenvalue weighted by molar-refractivity contribution is 0.581. The van der Waals surface area contributed by atoms with E-state index >= 15 is 0 Å². The van der Waals surface area contributed by atoms with Crippen molar-refractivity contribution < 1.29 is 4.39 Å². The van der Waals surface area contributed by atoms with Gasteiger partial charge in [0.25, 0.3) is 0 Å². The van der Waals surface area contributed by atoms with Crippen molar-refractivity contribution in [1.29, 1.82) is 0 Å². The monoisotopic (exact) mass is 217 g/mol. The van der Waals surface area contributed by atoms with Gasteiger partial charge in [0.2, 0.25) is 5.95 Å². The molecule has 0 saturated carbocycles. The van der Waals surface area contributed by atoms with Crippen molar-refractivity contribution in [3.63, 3.8) is 0 Å². The second-order valence-corrected chi connectivity index (χ2v) is 3.12. The standard InChI is InChI=1S/C8H9BrFN/c1-6(4-9)7-2-3-8(10)11-5-7/h2-3,5-6H,4H2,1H3. The van der Waals surface area contributed by atoms with Crippen molar-refractivity contribution in [2.75, 3.05) is 5.33 Å². The van der Waals surface area contributed by atoms with Gasteiger partial charge in [-0.1, -0.05) is 28.9 Å². The van der Waals surface area contributed by atoms with Crippen molar-refractivity contribution in [2.45, 2.75) is 12.8 Å². The Hall–Kier alpha value is -0.440. The summed E-state index contributed by atoms with van der Waals surface area (Å²) in [7, 11) is 0. The van der Waals surface area contributed by atoms with Crippen LogP contribution in [0.2, 0.25) is 0 Å². The first kappa shape index (κ1) is 8.65. The molecule has 0 amide bonds. The number of rotatable bonds is 2. The molecule has 60 valence electrons. The van der Waals surface area contributed by atoms with Gasteiger partial charge < -0.3 is 0 Å². The molecular weight excluding hydrogens is 209 g/mol. The van der Waals surface area contributed by atoms with Crippen molar-refractivity contribution in [1.82, 2.24) is 4.98 Å². The summed E-state index contributed by atoms with van der Waals surface area (Å²) >= 11 is 3.35. The fourth-order valence-electron chi connectivity index (χ4n) is 0.768. The molecule has 0 aliphatic rings. The molecule has 0 aliphatic carbocycles. The number of aromatic nitrogens is 1. The fraction of sp³-hybridized carbons (Fsp3) is 0.375. The summed E-state index contributed by atoms with van der Waals surface area (Å²) in [5.74, 6) is -0.0291. The van der Waals surface area contributed by atoms with Gasteiger partial charge in [0.15, 0.2) is 0 Å². The van der Waals surface area contributed by atoms with E-state index < -0.39 is 5.95 Å². The lowest BCUT2D eigenvalue weighted by atomic mass is 10.1. The van der Waals surface area contributed by atoms with Gasteiger partial charge in [-0.3, -0.25) is 0 Å². The maximum Gasteiger partial charge on any atom is 0.212 e. The first-order valence-corrected chi connectivity index (χ1v) is 4.53. The third-order valence-corrected chi connectivity index (χ3v) is 2.52. The Bertz CT molecular complexity index is 222. The lowest BCUT2D eigenvalue weighted by Gasteiger charge is -2.05. The SMILES string of the molecule is CC(CBr)c1ccc(F)nc1. The number of halogens is 2. The minimum Gasteiger partial charge on any atom is -0.228 e. The van der Waals surface area contributed by atoms with E-state index in [4.69, 9.17) is 0 Å². The summed E-state index contributed by atoms with van der Waals surface area (Å²) in [4.78, 5) is 3.56. The first-order chi connectivity index (χ1) is 5.24. The van der Waals surface area contributed by atoms with Gasteiger partial charge in [0, 0.05) is 11.5 Å². The molecule has 1 rings (SSSR count). The zero-order valence-corrected chi connectivity index (χ0v) is 7.81. The molecule has 3 heteroatoms. The molecule has 0 saturated heterocycles. The average molecular weight is 218 g/mol. The van der Waals surface area contributed by atoms with Crippen LogP contribution < -0.4 is 0 Å². The van der Waals surface area contributed by atoms with E-state index in [9.17, 15) is 4.39 Å². The highest BCUT2D eigenvalue weighted by Crippen LogP contribution is 2.15. The molecular formula is C8H9BrFN. The highest BCUT2D eigenvalue weighted by atomic mass is 79.9. The number of nitrogens with zero attached hydrogens (tertiary/aromatic N) is 1. The van der Waals surface area contributed by atoms with Gasteiger partial charge in [0.05, 0.1) is 0 Å². The maximum absolute atomic E-state index is 12.3. The zero-order chi connectivity index (χ0) is 8.27. The van der Waals surface area contributed by atoms with E-state index in [0.29, 0.717) is 5.92 Å². The van der Waals surface area contributed by atoms with Crippen LogP contribution in [0.5, 0.6) is 0 Å². The van der Waals surface area contributed by atoms with Crippen molar-refractivity contribution in [3.8, 4) is 0 Å². The molecule has 1 heterocycles. The van der Waals surface area contributed by atoms with Gasteiger partial charge in [-0.15, -0.1) is 0 Å². The smallest absolute Gasteiger partial charge is 0.212 e. The summed E-state index contributed by atoms with van der Waals surface area (Å²) in [5, 5.41) is 0.875. The number of alkyl halides is 1. The summed E-state index contributed by atoms with van der Waals surface area (Å²) in [6, 6.07) is 3.14. The molecule has 0 bridgehead atoms. The third-order valence-electron chi connectivity index (χ3n) is 1.55. The topological polar surface area (TPSA) is 12.9 Å². The van der Waals surface area contributed by atoms with Crippen LogP contribution in [0.4, 0.5) is 4.39 Å². The maximum atomic E-state index is 12.3. The average Bonchev–Trinajstić information content (AvgIpc) is 2.05. The second kappa shape index (κ2) is 3.81. The first-order valence-electron chi connectivity index (χ1n) is 3.41. The van der Waals surface area contributed by atoms with Gasteiger partial charge in [-0.2, -0.15) is 4.39 Å². The molecule has 0 aliphatic heterocycles. The lowest BCUT2D eigenvalue weighted by Crippen LogP contribution is -1.95. The van der Waals surface area contributed by atoms with Gasteiger partial charge in [-0.25, -0.2) is 4.98 Å². The molecule has 0 spiro atoms. The van der Waals surface area contributed by atoms with E-state index in [1.165, 1.54) is 6.07 Å². The number of hydrogen-bond donors (Lipinski definition) is 0. The zero-order valence-electron chi connectivity index (χ0n) is 6.22. The number of hydrogen-bond acceptors (Lipinski definition) is 1. The minimum atomic E-state index is -0.421. The molecule has 0 aromatic carbocycles. The fourth-order valence-corrected chi connectivity index (χ4v) is 1.14. The molecule has 1 aromatic rings. The highest BCUT2D eigenvalue weighted by molar-refractivity contribution is 9.09. The Kier molecular flexibility index (Phi) is 3.00. The van der Waals surface area contributed by atoms with Crippen LogP contribution in [-0.4, -0.2) is 10.3 Å². The molecule has 0 fully saturated rings. The minimum absolute atomic E-state index is 0.392. The van der Waals surface area contributed by atoms with Crippen molar-refractivity contribution in [2.24, 2.45) is 0 Å². The second-order valence-electron chi connectivity index (χ2n) is 2.47. The van der Waals surface area contributed by atoms with E-state index in [0.717, 1.165) is 10.9 Å². The van der Waals surface area contributed by atoms with Gasteiger partial charge in [-0.05, 0) is 17.5 Å². The van der Waals surface area contributed by atoms with E-state index in [1.807, 2.05) is 0 Å². The highest BCUT2D eigenvalue weighted by Gasteiger charge is 2.02. The Balaban J connectivity index is 2.81. The molecule has 0 radical (unpaired) electrons. The van der Waals surface area contributed by atoms with Crippen LogP contribution >= 0.6 is 15.9 Å². The van der Waals surface area contributed by atoms with E-state index in [1.54, 1.807) is 12.3 Å². The molecule has 1 atom stereocenters. The molecule has 0 N–H and O–H groups in total. The Morgan fingerprint density at radius 2 is 2.36 bits per heavy atom. The van der Waals surface area contributed by atoms with Crippen molar-refractivity contribution in [3.05, 3.63) is 29.8 Å². The van der Waals surface area contributed by atoms with Crippen LogP contribution in [-0.2, 0) is 0 Å². The Labute approximate surface area is 73.8 Å². The van der Waals surface area contributed by atoms with Gasteiger partial charge in [0.1, 0.15) is 0 Å². The van der Waals surface area contributed by atoms with Crippen LogP contribution in [0.15, 0.2) is 18.3 Å². The summed E-state index contributed by atoms with van der Waals surface area (Å²) in [5.41, 5.74) is 1.06. The largest absolute Gasteiger partial charge is 0.228 e. The predicted molar refractivity (Wildman–Crippen MR) is 46.4 cm³/mol. The third kappa shape index (κ3) is 2.26. The van der Waals surface area contributed by atoms with Crippen LogP contribution in [0.1, 0.15) is 18.4 Å². The molecule has 11 heavy (non-hydrogen) atoms. The predicted octanol–water partition coefficient (Wildman–Crippen LogP) is 2.72. The van der Waals surface area contributed by atoms with Crippen LogP contribution in [0.25, 0.3) is 0 Å². The van der Waals surface area contributed by atoms with Crippen molar-refractivity contribution >= 4 is 15.9 Å². The van der Waals surface area contributed by atoms with E-state index in [2.05, 4.69) is 27.8 Å².